The molecule has 0 radical (unpaired) electrons. The van der Waals surface area contributed by atoms with Crippen molar-refractivity contribution in [2.45, 2.75) is 169 Å². The first kappa shape index (κ1) is 46.7. The first-order valence-electron chi connectivity index (χ1n) is 22.2. The Hall–Kier alpha value is -2.35. The zero-order valence-electron chi connectivity index (χ0n) is 38.4. The van der Waals surface area contributed by atoms with Gasteiger partial charge in [0.15, 0.2) is 0 Å². The van der Waals surface area contributed by atoms with E-state index in [0.717, 1.165) is 0 Å². The molecule has 0 bridgehead atoms. The van der Waals surface area contributed by atoms with E-state index in [2.05, 4.69) is 182 Å². The molecule has 0 nitrogen and oxygen atoms in total. The Morgan fingerprint density at radius 1 is 0.483 bits per heavy atom. The van der Waals surface area contributed by atoms with E-state index in [-0.39, 0.29) is 46.5 Å². The van der Waals surface area contributed by atoms with Crippen molar-refractivity contribution in [3.8, 4) is 22.3 Å². The van der Waals surface area contributed by atoms with Crippen LogP contribution in [-0.2, 0) is 38.2 Å². The molecule has 2 unspecified atom stereocenters. The van der Waals surface area contributed by atoms with Gasteiger partial charge < -0.3 is 24.8 Å². The van der Waals surface area contributed by atoms with E-state index in [1.165, 1.54) is 97.2 Å². The van der Waals surface area contributed by atoms with Gasteiger partial charge in [-0.05, 0) is 0 Å². The molecule has 7 rings (SSSR count). The second kappa shape index (κ2) is 16.8. The first-order chi connectivity index (χ1) is 26.2. The molecule has 1 fully saturated rings. The summed E-state index contributed by atoms with van der Waals surface area (Å²) in [6.45, 7) is 33.2. The molecule has 2 aliphatic carbocycles. The molecule has 0 spiro atoms. The van der Waals surface area contributed by atoms with Gasteiger partial charge in [0.25, 0.3) is 0 Å². The van der Waals surface area contributed by atoms with Crippen LogP contribution in [0.25, 0.3) is 34.4 Å². The summed E-state index contributed by atoms with van der Waals surface area (Å²) in [4.78, 5) is 0. The summed E-state index contributed by atoms with van der Waals surface area (Å²) in [5, 5.41) is 0. The largest absolute Gasteiger partial charge is 1.00 e. The fourth-order valence-electron chi connectivity index (χ4n) is 10.4. The molecule has 4 aromatic rings. The summed E-state index contributed by atoms with van der Waals surface area (Å²) in [6, 6.07) is 29.8. The van der Waals surface area contributed by atoms with E-state index < -0.39 is 16.6 Å². The normalized spacial score (nSPS) is 18.1. The second-order valence-corrected chi connectivity index (χ2v) is 29.3. The monoisotopic (exact) mass is 850 g/mol. The summed E-state index contributed by atoms with van der Waals surface area (Å²) in [5.41, 5.74) is 21.7. The second-order valence-electron chi connectivity index (χ2n) is 22.1. The molecule has 0 amide bonds. The topological polar surface area (TPSA) is 0 Å². The molecule has 1 heterocycles. The molecule has 58 heavy (non-hydrogen) atoms. The van der Waals surface area contributed by atoms with Gasteiger partial charge in [-0.3, -0.25) is 0 Å². The van der Waals surface area contributed by atoms with E-state index in [4.69, 9.17) is 0 Å². The van der Waals surface area contributed by atoms with Crippen LogP contribution in [0.3, 0.4) is 0 Å². The van der Waals surface area contributed by atoms with Crippen molar-refractivity contribution in [3.05, 3.63) is 128 Å². The van der Waals surface area contributed by atoms with Gasteiger partial charge >= 0.3 is 348 Å². The maximum Gasteiger partial charge on any atom is -1.00 e. The quantitative estimate of drug-likeness (QED) is 0.155. The SMILES string of the molecule is CCCC1=Cc2c(-c3cc(C(C)(C)C)cc(C(C)(C)C)c3)cccc2[CH]1[Ti+2]1([CH]2C(CCC)=Cc3c(-c4cc(C(C)(C)C)cc(C(C)(C)C)c4)cccc32)[CH2]C[CH2]1.[Cl-].[Cl-]. The fraction of sp³-hybridized carbons (Fsp3) is 0.491. The predicted molar refractivity (Wildman–Crippen MR) is 244 cm³/mol. The molecule has 0 N–H and O–H groups in total. The van der Waals surface area contributed by atoms with Crippen LogP contribution in [-0.4, -0.2) is 0 Å². The zero-order chi connectivity index (χ0) is 40.6. The summed E-state index contributed by atoms with van der Waals surface area (Å²) >= 11 is -2.67. The average molecular weight is 852 g/mol. The Labute approximate surface area is 370 Å². The number of allylic oxidation sites excluding steroid dienone is 2. The van der Waals surface area contributed by atoms with Crippen LogP contribution in [0.1, 0.15) is 182 Å². The standard InChI is InChI=1S/2C26H33.C3H6.2ClH.Ti/c2*1-8-10-18-13-19-11-9-12-23(24(19)14-18)20-15-21(25(2,3)4)17-22(16-20)26(5,6)7;1-3-2;;;/h2*9,11-17H,8,10H2,1-7H3;1-3H2;2*1H;/q;;;;;+2/p-2. The van der Waals surface area contributed by atoms with Gasteiger partial charge in [0.1, 0.15) is 0 Å². The van der Waals surface area contributed by atoms with Crippen LogP contribution in [0.4, 0.5) is 0 Å². The molecule has 0 saturated carbocycles. The first-order valence-corrected chi connectivity index (χ1v) is 26.2. The molecular weight excluding hydrogens is 779 g/mol. The van der Waals surface area contributed by atoms with Crippen molar-refractivity contribution in [3.63, 3.8) is 0 Å². The van der Waals surface area contributed by atoms with Crippen molar-refractivity contribution in [2.75, 3.05) is 0 Å². The van der Waals surface area contributed by atoms with Gasteiger partial charge in [-0.1, -0.05) is 0 Å². The number of hydrogen-bond acceptors (Lipinski definition) is 0. The minimum atomic E-state index is -2.67. The number of halogens is 2. The molecule has 4 aromatic carbocycles. The van der Waals surface area contributed by atoms with Crippen LogP contribution >= 0.6 is 0 Å². The minimum absolute atomic E-state index is 0. The molecule has 1 saturated heterocycles. The van der Waals surface area contributed by atoms with Crippen LogP contribution in [0.2, 0.25) is 9.45 Å². The van der Waals surface area contributed by atoms with Gasteiger partial charge in [-0.25, -0.2) is 0 Å². The van der Waals surface area contributed by atoms with Crippen LogP contribution < -0.4 is 24.8 Å². The molecule has 3 aliphatic rings. The molecule has 1 aliphatic heterocycles. The number of fused-ring (bicyclic) bond motifs is 2. The molecule has 2 atom stereocenters. The molecule has 3 heteroatoms. The van der Waals surface area contributed by atoms with Gasteiger partial charge in [0, 0.05) is 0 Å². The summed E-state index contributed by atoms with van der Waals surface area (Å²) in [5.74, 6) is 0. The zero-order valence-corrected chi connectivity index (χ0v) is 41.5. The maximum atomic E-state index is 2.71. The van der Waals surface area contributed by atoms with Gasteiger partial charge in [0.2, 0.25) is 0 Å². The third-order valence-corrected chi connectivity index (χ3v) is 23.5. The van der Waals surface area contributed by atoms with Crippen LogP contribution in [0.15, 0.2) is 83.9 Å². The van der Waals surface area contributed by atoms with Gasteiger partial charge in [-0.15, -0.1) is 0 Å². The van der Waals surface area contributed by atoms with Crippen molar-refractivity contribution in [2.24, 2.45) is 0 Å². The predicted octanol–water partition coefficient (Wildman–Crippen LogP) is 10.8. The summed E-state index contributed by atoms with van der Waals surface area (Å²) < 4.78 is 4.21. The van der Waals surface area contributed by atoms with E-state index >= 15 is 0 Å². The van der Waals surface area contributed by atoms with Crippen molar-refractivity contribution < 1.29 is 41.4 Å². The number of benzene rings is 4. The number of hydrogen-bond donors (Lipinski definition) is 0. The third-order valence-electron chi connectivity index (χ3n) is 13.8. The number of rotatable bonds is 8. The van der Waals surface area contributed by atoms with E-state index in [0.29, 0.717) is 8.45 Å². The fourth-order valence-corrected chi connectivity index (χ4v) is 20.3. The third kappa shape index (κ3) is 8.58. The van der Waals surface area contributed by atoms with Crippen LogP contribution in [0, 0.1) is 0 Å². The molecule has 0 aromatic heterocycles. The van der Waals surface area contributed by atoms with Gasteiger partial charge in [0.05, 0.1) is 0 Å². The van der Waals surface area contributed by atoms with Crippen LogP contribution in [0.5, 0.6) is 0 Å². The minimum Gasteiger partial charge on any atom is -1.00 e. The van der Waals surface area contributed by atoms with Crippen molar-refractivity contribution >= 4 is 12.2 Å². The van der Waals surface area contributed by atoms with E-state index in [1.807, 2.05) is 0 Å². The van der Waals surface area contributed by atoms with E-state index in [9.17, 15) is 0 Å². The Morgan fingerprint density at radius 2 is 0.810 bits per heavy atom. The van der Waals surface area contributed by atoms with E-state index in [1.54, 1.807) is 22.3 Å². The summed E-state index contributed by atoms with van der Waals surface area (Å²) in [6.07, 6.45) is 11.7. The molecular formula is C55H72Cl2Ti. The van der Waals surface area contributed by atoms with Gasteiger partial charge in [-0.2, -0.15) is 0 Å². The maximum absolute atomic E-state index is 2.71. The average Bonchev–Trinajstić information content (AvgIpc) is 3.65. The van der Waals surface area contributed by atoms with Crippen molar-refractivity contribution in [1.82, 2.24) is 0 Å². The Kier molecular flexibility index (Phi) is 13.6. The smallest absolute Gasteiger partial charge is 1.00 e. The molecule has 310 valence electrons. The Balaban J connectivity index is 0.00000320. The Bertz CT molecular complexity index is 1980. The summed E-state index contributed by atoms with van der Waals surface area (Å²) in [7, 11) is 0. The van der Waals surface area contributed by atoms with Crippen molar-refractivity contribution in [1.29, 1.82) is 0 Å². The Morgan fingerprint density at radius 3 is 1.07 bits per heavy atom.